The second kappa shape index (κ2) is 8.02. The Bertz CT molecular complexity index is 523. The Morgan fingerprint density at radius 2 is 1.96 bits per heavy atom. The number of hydrogen-bond acceptors (Lipinski definition) is 3. The Kier molecular flexibility index (Phi) is 6.27. The van der Waals surface area contributed by atoms with Crippen LogP contribution in [0.15, 0.2) is 30.3 Å². The van der Waals surface area contributed by atoms with Gasteiger partial charge in [0, 0.05) is 25.1 Å². The predicted octanol–water partition coefficient (Wildman–Crippen LogP) is 4.28. The smallest absolute Gasteiger partial charge is 0.410 e. The SMILES string of the molecule is CCOCC1(CCc2ccccc2)CCN(C(=O)OC(C)(C)C)C1. The number of amides is 1. The molecule has 1 saturated heterocycles. The van der Waals surface area contributed by atoms with Crippen LogP contribution < -0.4 is 0 Å². The van der Waals surface area contributed by atoms with E-state index < -0.39 is 5.60 Å². The van der Waals surface area contributed by atoms with Gasteiger partial charge in [0.15, 0.2) is 0 Å². The highest BCUT2D eigenvalue weighted by Gasteiger charge is 2.41. The summed E-state index contributed by atoms with van der Waals surface area (Å²) in [5.74, 6) is 0. The molecule has 1 aliphatic heterocycles. The molecule has 0 saturated carbocycles. The fraction of sp³-hybridized carbons (Fsp3) is 0.650. The van der Waals surface area contributed by atoms with Crippen LogP contribution in [0.3, 0.4) is 0 Å². The highest BCUT2D eigenvalue weighted by atomic mass is 16.6. The van der Waals surface area contributed by atoms with Gasteiger partial charge >= 0.3 is 6.09 Å². The van der Waals surface area contributed by atoms with Gasteiger partial charge in [-0.25, -0.2) is 4.79 Å². The molecule has 0 aliphatic carbocycles. The van der Waals surface area contributed by atoms with Crippen molar-refractivity contribution in [2.45, 2.75) is 52.6 Å². The maximum Gasteiger partial charge on any atom is 0.410 e. The monoisotopic (exact) mass is 333 g/mol. The molecule has 134 valence electrons. The minimum Gasteiger partial charge on any atom is -0.444 e. The van der Waals surface area contributed by atoms with Gasteiger partial charge in [-0.05, 0) is 52.5 Å². The molecular formula is C20H31NO3. The van der Waals surface area contributed by atoms with E-state index in [1.54, 1.807) is 0 Å². The third-order valence-electron chi connectivity index (χ3n) is 4.49. The molecule has 24 heavy (non-hydrogen) atoms. The van der Waals surface area contributed by atoms with E-state index in [0.29, 0.717) is 13.2 Å². The third kappa shape index (κ3) is 5.52. The maximum absolute atomic E-state index is 12.4. The topological polar surface area (TPSA) is 38.8 Å². The van der Waals surface area contributed by atoms with Crippen molar-refractivity contribution in [2.24, 2.45) is 5.41 Å². The summed E-state index contributed by atoms with van der Waals surface area (Å²) >= 11 is 0. The molecule has 1 aromatic carbocycles. The zero-order valence-electron chi connectivity index (χ0n) is 15.5. The Morgan fingerprint density at radius 3 is 2.58 bits per heavy atom. The first-order valence-electron chi connectivity index (χ1n) is 8.93. The quantitative estimate of drug-likeness (QED) is 0.780. The van der Waals surface area contributed by atoms with Gasteiger partial charge in [0.1, 0.15) is 5.60 Å². The Morgan fingerprint density at radius 1 is 1.25 bits per heavy atom. The van der Waals surface area contributed by atoms with Crippen molar-refractivity contribution >= 4 is 6.09 Å². The summed E-state index contributed by atoms with van der Waals surface area (Å²) < 4.78 is 11.3. The van der Waals surface area contributed by atoms with Crippen LogP contribution in [0, 0.1) is 5.41 Å². The summed E-state index contributed by atoms with van der Waals surface area (Å²) in [6.45, 7) is 10.6. The fourth-order valence-corrected chi connectivity index (χ4v) is 3.18. The lowest BCUT2D eigenvalue weighted by Crippen LogP contribution is -2.38. The van der Waals surface area contributed by atoms with Gasteiger partial charge in [0.2, 0.25) is 0 Å². The molecule has 2 rings (SSSR count). The van der Waals surface area contributed by atoms with E-state index in [4.69, 9.17) is 9.47 Å². The predicted molar refractivity (Wildman–Crippen MR) is 96.1 cm³/mol. The van der Waals surface area contributed by atoms with Crippen molar-refractivity contribution in [1.82, 2.24) is 4.90 Å². The zero-order chi connectivity index (χ0) is 17.6. The lowest BCUT2D eigenvalue weighted by molar-refractivity contribution is 0.0196. The van der Waals surface area contributed by atoms with Crippen LogP contribution in [0.25, 0.3) is 0 Å². The first-order chi connectivity index (χ1) is 11.3. The van der Waals surface area contributed by atoms with E-state index in [0.717, 1.165) is 32.4 Å². The number of aryl methyl sites for hydroxylation is 1. The number of likely N-dealkylation sites (tertiary alicyclic amines) is 1. The normalized spacial score (nSPS) is 21.1. The van der Waals surface area contributed by atoms with Gasteiger partial charge in [-0.3, -0.25) is 0 Å². The number of carbonyl (C=O) groups is 1. The van der Waals surface area contributed by atoms with Crippen LogP contribution in [0.5, 0.6) is 0 Å². The largest absolute Gasteiger partial charge is 0.444 e. The molecule has 1 aliphatic rings. The molecule has 1 atom stereocenters. The summed E-state index contributed by atoms with van der Waals surface area (Å²) in [5.41, 5.74) is 0.916. The van der Waals surface area contributed by atoms with Gasteiger partial charge < -0.3 is 14.4 Å². The highest BCUT2D eigenvalue weighted by molar-refractivity contribution is 5.68. The van der Waals surface area contributed by atoms with Crippen LogP contribution >= 0.6 is 0 Å². The van der Waals surface area contributed by atoms with Crippen LogP contribution in [0.1, 0.15) is 46.1 Å². The van der Waals surface area contributed by atoms with E-state index in [-0.39, 0.29) is 11.5 Å². The van der Waals surface area contributed by atoms with Crippen LogP contribution in [0.4, 0.5) is 4.79 Å². The van der Waals surface area contributed by atoms with Gasteiger partial charge in [-0.1, -0.05) is 30.3 Å². The van der Waals surface area contributed by atoms with Crippen molar-refractivity contribution in [1.29, 1.82) is 0 Å². The van der Waals surface area contributed by atoms with Gasteiger partial charge in [0.05, 0.1) is 6.61 Å². The third-order valence-corrected chi connectivity index (χ3v) is 4.49. The van der Waals surface area contributed by atoms with Crippen LogP contribution in [-0.4, -0.2) is 42.9 Å². The number of ether oxygens (including phenoxy) is 2. The Balaban J connectivity index is 1.99. The molecule has 1 fully saturated rings. The van der Waals surface area contributed by atoms with E-state index in [1.165, 1.54) is 5.56 Å². The first kappa shape index (κ1) is 18.8. The molecule has 4 heteroatoms. The average molecular weight is 333 g/mol. The van der Waals surface area contributed by atoms with Crippen molar-refractivity contribution in [3.63, 3.8) is 0 Å². The van der Waals surface area contributed by atoms with Crippen molar-refractivity contribution < 1.29 is 14.3 Å². The molecule has 1 amide bonds. The lowest BCUT2D eigenvalue weighted by Gasteiger charge is -2.30. The van der Waals surface area contributed by atoms with Gasteiger partial charge in [-0.15, -0.1) is 0 Å². The minimum atomic E-state index is -0.452. The molecule has 0 radical (unpaired) electrons. The maximum atomic E-state index is 12.4. The van der Waals surface area contributed by atoms with Crippen LogP contribution in [-0.2, 0) is 15.9 Å². The van der Waals surface area contributed by atoms with Crippen molar-refractivity contribution in [3.05, 3.63) is 35.9 Å². The number of rotatable bonds is 6. The standard InChI is InChI=1S/C20H31NO3/c1-5-23-16-20(12-11-17-9-7-6-8-10-17)13-14-21(15-20)18(22)24-19(2,3)4/h6-10H,5,11-16H2,1-4H3. The summed E-state index contributed by atoms with van der Waals surface area (Å²) in [6.07, 6.45) is 2.80. The van der Waals surface area contributed by atoms with E-state index in [2.05, 4.69) is 24.3 Å². The van der Waals surface area contributed by atoms with Gasteiger partial charge in [-0.2, -0.15) is 0 Å². The van der Waals surface area contributed by atoms with E-state index in [1.807, 2.05) is 38.7 Å². The molecule has 4 nitrogen and oxygen atoms in total. The van der Waals surface area contributed by atoms with Gasteiger partial charge in [0.25, 0.3) is 0 Å². The highest BCUT2D eigenvalue weighted by Crippen LogP contribution is 2.36. The molecule has 0 bridgehead atoms. The summed E-state index contributed by atoms with van der Waals surface area (Å²) in [7, 11) is 0. The number of nitrogens with zero attached hydrogens (tertiary/aromatic N) is 1. The molecule has 1 unspecified atom stereocenters. The second-order valence-corrected chi connectivity index (χ2v) is 7.77. The Labute approximate surface area is 146 Å². The molecule has 0 aromatic heterocycles. The molecule has 1 aromatic rings. The number of carbonyl (C=O) groups excluding carboxylic acids is 1. The average Bonchev–Trinajstić information content (AvgIpc) is 2.96. The molecule has 0 N–H and O–H groups in total. The van der Waals surface area contributed by atoms with Crippen molar-refractivity contribution in [3.8, 4) is 0 Å². The number of benzene rings is 1. The molecule has 0 spiro atoms. The molecule has 1 heterocycles. The van der Waals surface area contributed by atoms with Crippen molar-refractivity contribution in [2.75, 3.05) is 26.3 Å². The summed E-state index contributed by atoms with van der Waals surface area (Å²) in [6, 6.07) is 10.5. The first-order valence-corrected chi connectivity index (χ1v) is 8.93. The lowest BCUT2D eigenvalue weighted by atomic mass is 9.82. The van der Waals surface area contributed by atoms with E-state index in [9.17, 15) is 4.79 Å². The van der Waals surface area contributed by atoms with E-state index >= 15 is 0 Å². The second-order valence-electron chi connectivity index (χ2n) is 7.77. The summed E-state index contributed by atoms with van der Waals surface area (Å²) in [4.78, 5) is 14.2. The Hall–Kier alpha value is -1.55. The minimum absolute atomic E-state index is 0.0305. The zero-order valence-corrected chi connectivity index (χ0v) is 15.5. The fourth-order valence-electron chi connectivity index (χ4n) is 3.18. The molecular weight excluding hydrogens is 302 g/mol. The number of hydrogen-bond donors (Lipinski definition) is 0. The summed E-state index contributed by atoms with van der Waals surface area (Å²) in [5, 5.41) is 0. The van der Waals surface area contributed by atoms with Crippen LogP contribution in [0.2, 0.25) is 0 Å².